The lowest BCUT2D eigenvalue weighted by atomic mass is 10.4. The van der Waals surface area contributed by atoms with Gasteiger partial charge in [-0.15, -0.1) is 24.0 Å². The van der Waals surface area contributed by atoms with Gasteiger partial charge in [-0.25, -0.2) is 12.7 Å². The molecule has 7 nitrogen and oxygen atoms in total. The van der Waals surface area contributed by atoms with Crippen LogP contribution < -0.4 is 11.1 Å². The van der Waals surface area contributed by atoms with Crippen LogP contribution >= 0.6 is 24.0 Å². The standard InChI is InChI=1S/C11H24N4O3S.HI/c1-2-18-9-3-5-13-11(12)14-6-8-15-7-4-10-19(15,16)17;/h2-10H2,1H3,(H3,12,13,14);1H. The van der Waals surface area contributed by atoms with E-state index < -0.39 is 10.0 Å². The van der Waals surface area contributed by atoms with Crippen molar-refractivity contribution in [2.24, 2.45) is 10.7 Å². The predicted octanol–water partition coefficient (Wildman–Crippen LogP) is -0.0292. The van der Waals surface area contributed by atoms with Crippen LogP contribution in [0.2, 0.25) is 0 Å². The van der Waals surface area contributed by atoms with Crippen molar-refractivity contribution in [3.63, 3.8) is 0 Å². The lowest BCUT2D eigenvalue weighted by Gasteiger charge is -2.14. The summed E-state index contributed by atoms with van der Waals surface area (Å²) in [6.45, 7) is 5.49. The number of nitrogens with two attached hydrogens (primary N) is 1. The molecule has 9 heteroatoms. The van der Waals surface area contributed by atoms with Gasteiger partial charge in [0.15, 0.2) is 5.96 Å². The summed E-state index contributed by atoms with van der Waals surface area (Å²) in [4.78, 5) is 4.13. The van der Waals surface area contributed by atoms with Crippen molar-refractivity contribution in [3.05, 3.63) is 0 Å². The Bertz CT molecular complexity index is 389. The molecule has 1 fully saturated rings. The van der Waals surface area contributed by atoms with E-state index in [1.54, 1.807) is 0 Å². The second-order valence-corrected chi connectivity index (χ2v) is 6.40. The maximum Gasteiger partial charge on any atom is 0.214 e. The molecule has 20 heavy (non-hydrogen) atoms. The van der Waals surface area contributed by atoms with Gasteiger partial charge in [0.05, 0.1) is 5.75 Å². The lowest BCUT2D eigenvalue weighted by Crippen LogP contribution is -2.39. The highest BCUT2D eigenvalue weighted by atomic mass is 127. The highest BCUT2D eigenvalue weighted by Gasteiger charge is 2.27. The Morgan fingerprint density at radius 3 is 2.85 bits per heavy atom. The molecule has 120 valence electrons. The van der Waals surface area contributed by atoms with Gasteiger partial charge in [-0.2, -0.15) is 0 Å². The molecule has 0 saturated carbocycles. The molecule has 0 unspecified atom stereocenters. The average Bonchev–Trinajstić information content (AvgIpc) is 2.69. The van der Waals surface area contributed by atoms with Crippen LogP contribution in [0.25, 0.3) is 0 Å². The molecule has 0 aliphatic carbocycles. The van der Waals surface area contributed by atoms with Crippen molar-refractivity contribution in [3.8, 4) is 0 Å². The topological polar surface area (TPSA) is 97.0 Å². The summed E-state index contributed by atoms with van der Waals surface area (Å²) >= 11 is 0. The number of aliphatic imine (C=N–C) groups is 1. The molecule has 1 heterocycles. The minimum absolute atomic E-state index is 0. The van der Waals surface area contributed by atoms with Gasteiger partial charge < -0.3 is 15.8 Å². The van der Waals surface area contributed by atoms with E-state index in [2.05, 4.69) is 10.3 Å². The molecule has 0 aromatic rings. The Hall–Kier alpha value is -0.130. The van der Waals surface area contributed by atoms with Gasteiger partial charge in [0.25, 0.3) is 0 Å². The Morgan fingerprint density at radius 1 is 1.50 bits per heavy atom. The molecule has 0 spiro atoms. The van der Waals surface area contributed by atoms with E-state index in [0.717, 1.165) is 6.42 Å². The molecular formula is C11H25IN4O3S. The molecule has 0 radical (unpaired) electrons. The zero-order valence-corrected chi connectivity index (χ0v) is 15.0. The summed E-state index contributed by atoms with van der Waals surface area (Å²) in [5, 5.41) is 2.92. The number of hydrogen-bond donors (Lipinski definition) is 2. The quantitative estimate of drug-likeness (QED) is 0.249. The summed E-state index contributed by atoms with van der Waals surface area (Å²) < 4.78 is 29.7. The lowest BCUT2D eigenvalue weighted by molar-refractivity contribution is 0.146. The Kier molecular flexibility index (Phi) is 10.5. The molecule has 0 aromatic heterocycles. The zero-order chi connectivity index (χ0) is 14.1. The van der Waals surface area contributed by atoms with Gasteiger partial charge in [-0.05, 0) is 19.8 Å². The van der Waals surface area contributed by atoms with Crippen LogP contribution in [0.1, 0.15) is 19.8 Å². The number of rotatable bonds is 8. The Morgan fingerprint density at radius 2 is 2.25 bits per heavy atom. The third-order valence-electron chi connectivity index (χ3n) is 2.80. The minimum atomic E-state index is -3.02. The van der Waals surface area contributed by atoms with Gasteiger partial charge in [-0.1, -0.05) is 0 Å². The largest absolute Gasteiger partial charge is 0.382 e. The van der Waals surface area contributed by atoms with E-state index in [1.165, 1.54) is 4.31 Å². The second-order valence-electron chi connectivity index (χ2n) is 4.31. The van der Waals surface area contributed by atoms with Crippen molar-refractivity contribution >= 4 is 40.0 Å². The first-order valence-electron chi connectivity index (χ1n) is 6.65. The van der Waals surface area contributed by atoms with Gasteiger partial charge in [0.2, 0.25) is 10.0 Å². The molecule has 1 aliphatic heterocycles. The first-order chi connectivity index (χ1) is 9.06. The summed E-state index contributed by atoms with van der Waals surface area (Å²) in [5.74, 6) is 0.613. The van der Waals surface area contributed by atoms with Crippen molar-refractivity contribution in [2.75, 3.05) is 45.1 Å². The number of nitrogens with zero attached hydrogens (tertiary/aromatic N) is 2. The van der Waals surface area contributed by atoms with Crippen LogP contribution in [-0.4, -0.2) is 63.8 Å². The van der Waals surface area contributed by atoms with E-state index in [9.17, 15) is 8.42 Å². The first-order valence-corrected chi connectivity index (χ1v) is 8.26. The summed E-state index contributed by atoms with van der Waals surface area (Å²) in [7, 11) is -3.02. The second kappa shape index (κ2) is 10.6. The molecule has 0 atom stereocenters. The monoisotopic (exact) mass is 420 g/mol. The fraction of sp³-hybridized carbons (Fsp3) is 0.909. The van der Waals surface area contributed by atoms with Gasteiger partial charge in [0.1, 0.15) is 0 Å². The third-order valence-corrected chi connectivity index (χ3v) is 4.76. The molecule has 0 amide bonds. The van der Waals surface area contributed by atoms with E-state index in [-0.39, 0.29) is 29.7 Å². The van der Waals surface area contributed by atoms with Gasteiger partial charge in [0, 0.05) is 39.4 Å². The number of nitrogens with one attached hydrogen (secondary N) is 1. The van der Waals surface area contributed by atoms with Crippen LogP contribution in [0.4, 0.5) is 0 Å². The highest BCUT2D eigenvalue weighted by Crippen LogP contribution is 2.11. The Labute approximate surface area is 138 Å². The minimum Gasteiger partial charge on any atom is -0.382 e. The van der Waals surface area contributed by atoms with Crippen molar-refractivity contribution in [1.29, 1.82) is 0 Å². The third kappa shape index (κ3) is 7.60. The number of sulfonamides is 1. The van der Waals surface area contributed by atoms with Crippen LogP contribution in [0.15, 0.2) is 4.99 Å². The van der Waals surface area contributed by atoms with Crippen LogP contribution in [0.3, 0.4) is 0 Å². The fourth-order valence-corrected chi connectivity index (χ4v) is 3.35. The number of guanidine groups is 1. The van der Waals surface area contributed by atoms with Crippen LogP contribution in [0, 0.1) is 0 Å². The van der Waals surface area contributed by atoms with Crippen molar-refractivity contribution in [1.82, 2.24) is 9.62 Å². The predicted molar refractivity (Wildman–Crippen MR) is 91.0 cm³/mol. The maximum absolute atomic E-state index is 11.5. The van der Waals surface area contributed by atoms with E-state index in [4.69, 9.17) is 10.5 Å². The fourth-order valence-electron chi connectivity index (χ4n) is 1.82. The van der Waals surface area contributed by atoms with Gasteiger partial charge in [-0.3, -0.25) is 4.99 Å². The SMILES string of the molecule is CCOCCCN=C(N)NCCN1CCCS1(=O)=O.I. The summed E-state index contributed by atoms with van der Waals surface area (Å²) in [6.07, 6.45) is 1.54. The summed E-state index contributed by atoms with van der Waals surface area (Å²) in [6, 6.07) is 0. The van der Waals surface area contributed by atoms with Crippen LogP contribution in [-0.2, 0) is 14.8 Å². The number of hydrogen-bond acceptors (Lipinski definition) is 4. The van der Waals surface area contributed by atoms with Crippen LogP contribution in [0.5, 0.6) is 0 Å². The smallest absolute Gasteiger partial charge is 0.214 e. The highest BCUT2D eigenvalue weighted by molar-refractivity contribution is 14.0. The number of halogens is 1. The average molecular weight is 420 g/mol. The Balaban J connectivity index is 0.00000361. The van der Waals surface area contributed by atoms with Gasteiger partial charge >= 0.3 is 0 Å². The number of ether oxygens (including phenoxy) is 1. The van der Waals surface area contributed by atoms with E-state index in [1.807, 2.05) is 6.92 Å². The van der Waals surface area contributed by atoms with E-state index >= 15 is 0 Å². The molecule has 3 N–H and O–H groups in total. The van der Waals surface area contributed by atoms with Crippen molar-refractivity contribution < 1.29 is 13.2 Å². The molecular weight excluding hydrogens is 395 g/mol. The maximum atomic E-state index is 11.5. The molecule has 0 aromatic carbocycles. The molecule has 0 bridgehead atoms. The first kappa shape index (κ1) is 19.9. The van der Waals surface area contributed by atoms with Crippen molar-refractivity contribution in [2.45, 2.75) is 19.8 Å². The molecule has 1 aliphatic rings. The molecule has 1 rings (SSSR count). The normalized spacial score (nSPS) is 18.8. The summed E-state index contributed by atoms with van der Waals surface area (Å²) in [5.41, 5.74) is 5.67. The zero-order valence-electron chi connectivity index (χ0n) is 11.9. The molecule has 1 saturated heterocycles. The van der Waals surface area contributed by atoms with E-state index in [0.29, 0.717) is 51.8 Å².